The number of carbonyl (C=O) groups is 3. The van der Waals surface area contributed by atoms with Gasteiger partial charge in [-0.05, 0) is 30.7 Å². The molecule has 33 heavy (non-hydrogen) atoms. The SMILES string of the molecule is O=C(CN1CCN(C(=O)c2cc3ccccc3[nH]2)CC1)Nc1ccccc1N1CCCC1=O. The number of amides is 3. The standard InChI is InChI=1S/C25H27N5O3/c31-23(27-20-8-3-4-9-22(20)30-11-5-10-24(30)32)17-28-12-14-29(15-13-28)25(33)21-16-18-6-1-2-7-19(18)26-21/h1-4,6-9,16,26H,5,10-15,17H2,(H,27,31). The van der Waals surface area contributed by atoms with Crippen LogP contribution in [0.5, 0.6) is 0 Å². The fourth-order valence-corrected chi connectivity index (χ4v) is 4.58. The van der Waals surface area contributed by atoms with Crippen molar-refractivity contribution in [3.05, 3.63) is 60.3 Å². The van der Waals surface area contributed by atoms with Crippen LogP contribution in [0.4, 0.5) is 11.4 Å². The summed E-state index contributed by atoms with van der Waals surface area (Å²) >= 11 is 0. The molecule has 3 heterocycles. The fourth-order valence-electron chi connectivity index (χ4n) is 4.58. The number of fused-ring (bicyclic) bond motifs is 1. The van der Waals surface area contributed by atoms with E-state index in [-0.39, 0.29) is 24.3 Å². The molecule has 2 aromatic carbocycles. The van der Waals surface area contributed by atoms with Crippen LogP contribution >= 0.6 is 0 Å². The largest absolute Gasteiger partial charge is 0.351 e. The first kappa shape index (κ1) is 21.2. The Labute approximate surface area is 192 Å². The van der Waals surface area contributed by atoms with Gasteiger partial charge in [0.15, 0.2) is 0 Å². The number of nitrogens with zero attached hydrogens (tertiary/aromatic N) is 3. The Morgan fingerprint density at radius 2 is 1.70 bits per heavy atom. The number of rotatable bonds is 5. The molecule has 8 heteroatoms. The zero-order valence-electron chi connectivity index (χ0n) is 18.4. The van der Waals surface area contributed by atoms with Crippen molar-refractivity contribution < 1.29 is 14.4 Å². The molecule has 5 rings (SSSR count). The van der Waals surface area contributed by atoms with E-state index in [2.05, 4.69) is 10.3 Å². The van der Waals surface area contributed by atoms with Crippen LogP contribution in [-0.2, 0) is 9.59 Å². The van der Waals surface area contributed by atoms with Gasteiger partial charge in [0.25, 0.3) is 5.91 Å². The average molecular weight is 446 g/mol. The molecule has 2 fully saturated rings. The van der Waals surface area contributed by atoms with E-state index in [0.717, 1.165) is 23.0 Å². The molecular formula is C25H27N5O3. The topological polar surface area (TPSA) is 88.8 Å². The summed E-state index contributed by atoms with van der Waals surface area (Å²) in [6, 6.07) is 17.2. The summed E-state index contributed by atoms with van der Waals surface area (Å²) in [5.74, 6) is -0.0450. The van der Waals surface area contributed by atoms with Gasteiger partial charge in [0.2, 0.25) is 11.8 Å². The average Bonchev–Trinajstić information content (AvgIpc) is 3.45. The van der Waals surface area contributed by atoms with Crippen molar-refractivity contribution in [3.63, 3.8) is 0 Å². The van der Waals surface area contributed by atoms with Crippen LogP contribution in [0.1, 0.15) is 23.3 Å². The molecule has 0 atom stereocenters. The smallest absolute Gasteiger partial charge is 0.270 e. The van der Waals surface area contributed by atoms with E-state index in [1.165, 1.54) is 0 Å². The number of para-hydroxylation sites is 3. The number of H-pyrrole nitrogens is 1. The highest BCUT2D eigenvalue weighted by Gasteiger charge is 2.26. The number of aromatic nitrogens is 1. The van der Waals surface area contributed by atoms with E-state index in [9.17, 15) is 14.4 Å². The van der Waals surface area contributed by atoms with Gasteiger partial charge >= 0.3 is 0 Å². The van der Waals surface area contributed by atoms with Crippen LogP contribution in [0.25, 0.3) is 10.9 Å². The first-order valence-corrected chi connectivity index (χ1v) is 11.4. The minimum absolute atomic E-state index is 0.0143. The fraction of sp³-hybridized carbons (Fsp3) is 0.320. The first-order valence-electron chi connectivity index (χ1n) is 11.4. The summed E-state index contributed by atoms with van der Waals surface area (Å²) in [6.45, 7) is 3.33. The molecule has 0 saturated carbocycles. The maximum absolute atomic E-state index is 12.9. The van der Waals surface area contributed by atoms with Gasteiger partial charge in [0, 0.05) is 50.0 Å². The molecule has 0 aliphatic carbocycles. The number of piperazine rings is 1. The van der Waals surface area contributed by atoms with Crippen molar-refractivity contribution in [2.45, 2.75) is 12.8 Å². The van der Waals surface area contributed by atoms with Gasteiger partial charge in [-0.3, -0.25) is 19.3 Å². The summed E-state index contributed by atoms with van der Waals surface area (Å²) in [7, 11) is 0. The summed E-state index contributed by atoms with van der Waals surface area (Å²) in [5.41, 5.74) is 2.95. The third-order valence-corrected chi connectivity index (χ3v) is 6.33. The monoisotopic (exact) mass is 445 g/mol. The second-order valence-corrected chi connectivity index (χ2v) is 8.55. The Bertz CT molecular complexity index is 1160. The molecule has 170 valence electrons. The van der Waals surface area contributed by atoms with E-state index in [0.29, 0.717) is 50.5 Å². The molecule has 0 radical (unpaired) electrons. The van der Waals surface area contributed by atoms with Crippen LogP contribution < -0.4 is 10.2 Å². The number of hydrogen-bond acceptors (Lipinski definition) is 4. The summed E-state index contributed by atoms with van der Waals surface area (Å²) in [5, 5.41) is 3.99. The van der Waals surface area contributed by atoms with E-state index in [1.54, 1.807) is 4.90 Å². The van der Waals surface area contributed by atoms with Crippen LogP contribution in [0.3, 0.4) is 0 Å². The van der Waals surface area contributed by atoms with Crippen molar-refractivity contribution in [1.82, 2.24) is 14.8 Å². The Kier molecular flexibility index (Phi) is 5.83. The lowest BCUT2D eigenvalue weighted by atomic mass is 10.2. The van der Waals surface area contributed by atoms with Crippen molar-refractivity contribution in [2.75, 3.05) is 49.5 Å². The van der Waals surface area contributed by atoms with Gasteiger partial charge < -0.3 is 20.1 Å². The molecule has 2 aliphatic heterocycles. The maximum Gasteiger partial charge on any atom is 0.270 e. The van der Waals surface area contributed by atoms with Crippen molar-refractivity contribution in [1.29, 1.82) is 0 Å². The number of nitrogens with one attached hydrogen (secondary N) is 2. The highest BCUT2D eigenvalue weighted by molar-refractivity contribution is 6.02. The van der Waals surface area contributed by atoms with Crippen molar-refractivity contribution in [3.8, 4) is 0 Å². The molecule has 0 bridgehead atoms. The molecule has 2 aliphatic rings. The number of aromatic amines is 1. The number of anilines is 2. The second kappa shape index (κ2) is 9.07. The van der Waals surface area contributed by atoms with Gasteiger partial charge in [0.1, 0.15) is 5.69 Å². The lowest BCUT2D eigenvalue weighted by molar-refractivity contribution is -0.118. The summed E-state index contributed by atoms with van der Waals surface area (Å²) in [6.07, 6.45) is 1.38. The van der Waals surface area contributed by atoms with E-state index in [4.69, 9.17) is 0 Å². The molecular weight excluding hydrogens is 418 g/mol. The number of hydrogen-bond donors (Lipinski definition) is 2. The molecule has 2 saturated heterocycles. The van der Waals surface area contributed by atoms with Crippen LogP contribution in [0.15, 0.2) is 54.6 Å². The molecule has 0 spiro atoms. The zero-order chi connectivity index (χ0) is 22.8. The quantitative estimate of drug-likeness (QED) is 0.632. The maximum atomic E-state index is 12.9. The van der Waals surface area contributed by atoms with Gasteiger partial charge in [-0.25, -0.2) is 0 Å². The Morgan fingerprint density at radius 3 is 2.45 bits per heavy atom. The van der Waals surface area contributed by atoms with Gasteiger partial charge in [-0.2, -0.15) is 0 Å². The molecule has 3 aromatic rings. The molecule has 1 aromatic heterocycles. The molecule has 2 N–H and O–H groups in total. The lowest BCUT2D eigenvalue weighted by Crippen LogP contribution is -2.50. The van der Waals surface area contributed by atoms with Crippen LogP contribution in [-0.4, -0.2) is 71.8 Å². The Hall–Kier alpha value is -3.65. The predicted molar refractivity (Wildman–Crippen MR) is 127 cm³/mol. The number of benzene rings is 2. The molecule has 0 unspecified atom stereocenters. The molecule has 8 nitrogen and oxygen atoms in total. The minimum atomic E-state index is -0.121. The first-order chi connectivity index (χ1) is 16.1. The van der Waals surface area contributed by atoms with Gasteiger partial charge in [-0.1, -0.05) is 30.3 Å². The third kappa shape index (κ3) is 4.47. The summed E-state index contributed by atoms with van der Waals surface area (Å²) < 4.78 is 0. The Morgan fingerprint density at radius 1 is 0.939 bits per heavy atom. The number of carbonyl (C=O) groups excluding carboxylic acids is 3. The summed E-state index contributed by atoms with van der Waals surface area (Å²) in [4.78, 5) is 46.6. The van der Waals surface area contributed by atoms with Crippen LogP contribution in [0.2, 0.25) is 0 Å². The second-order valence-electron chi connectivity index (χ2n) is 8.55. The van der Waals surface area contributed by atoms with Gasteiger partial charge in [0.05, 0.1) is 17.9 Å². The highest BCUT2D eigenvalue weighted by atomic mass is 16.2. The highest BCUT2D eigenvalue weighted by Crippen LogP contribution is 2.29. The normalized spacial score (nSPS) is 17.0. The van der Waals surface area contributed by atoms with Crippen molar-refractivity contribution >= 4 is 40.0 Å². The van der Waals surface area contributed by atoms with E-state index < -0.39 is 0 Å². The van der Waals surface area contributed by atoms with E-state index >= 15 is 0 Å². The predicted octanol–water partition coefficient (Wildman–Crippen LogP) is 2.69. The zero-order valence-corrected chi connectivity index (χ0v) is 18.4. The Balaban J connectivity index is 1.16. The van der Waals surface area contributed by atoms with Crippen molar-refractivity contribution in [2.24, 2.45) is 0 Å². The van der Waals surface area contributed by atoms with Gasteiger partial charge in [-0.15, -0.1) is 0 Å². The third-order valence-electron chi connectivity index (χ3n) is 6.33. The van der Waals surface area contributed by atoms with Crippen LogP contribution in [0, 0.1) is 0 Å². The molecule has 3 amide bonds. The lowest BCUT2D eigenvalue weighted by Gasteiger charge is -2.34. The van der Waals surface area contributed by atoms with E-state index in [1.807, 2.05) is 64.4 Å². The minimum Gasteiger partial charge on any atom is -0.351 e.